The summed E-state index contributed by atoms with van der Waals surface area (Å²) < 4.78 is 11.2. The molecule has 2 N–H and O–H groups in total. The van der Waals surface area contributed by atoms with Crippen LogP contribution in [0.1, 0.15) is 34.9 Å². The van der Waals surface area contributed by atoms with Gasteiger partial charge in [0.1, 0.15) is 11.8 Å². The van der Waals surface area contributed by atoms with Crippen molar-refractivity contribution in [3.05, 3.63) is 89.0 Å². The van der Waals surface area contributed by atoms with Crippen molar-refractivity contribution in [3.63, 3.8) is 0 Å². The molecule has 0 saturated heterocycles. The van der Waals surface area contributed by atoms with Crippen LogP contribution in [-0.2, 0) is 22.7 Å². The van der Waals surface area contributed by atoms with Crippen molar-refractivity contribution in [2.75, 3.05) is 19.1 Å². The molecule has 0 fully saturated rings. The fraction of sp³-hybridized carbons (Fsp3) is 0.286. The fourth-order valence-corrected chi connectivity index (χ4v) is 4.23. The second-order valence-corrected chi connectivity index (χ2v) is 9.17. The molecule has 6 nitrogen and oxygen atoms in total. The summed E-state index contributed by atoms with van der Waals surface area (Å²) in [6.07, 6.45) is 2.27. The molecule has 1 amide bonds. The number of carboxylic acids is 1. The van der Waals surface area contributed by atoms with Crippen molar-refractivity contribution in [1.29, 1.82) is 0 Å². The Hall–Kier alpha value is -2.69. The summed E-state index contributed by atoms with van der Waals surface area (Å²) >= 11 is 1.55. The SMILES string of the molecule is COc1cccc(COCc2ccc(C(=O)NC(CCSC)C(=O)O)c(-c3ccccc3C)c2)c1.[H-].[Li+]. The van der Waals surface area contributed by atoms with Crippen LogP contribution in [0.5, 0.6) is 5.75 Å². The van der Waals surface area contributed by atoms with Gasteiger partial charge in [-0.1, -0.05) is 42.5 Å². The van der Waals surface area contributed by atoms with Crippen molar-refractivity contribution in [2.45, 2.75) is 32.6 Å². The second-order valence-electron chi connectivity index (χ2n) is 8.18. The van der Waals surface area contributed by atoms with Crippen LogP contribution in [-0.4, -0.2) is 42.1 Å². The Morgan fingerprint density at radius 1 is 1.00 bits per heavy atom. The maximum Gasteiger partial charge on any atom is 1.00 e. The van der Waals surface area contributed by atoms with Gasteiger partial charge in [0.05, 0.1) is 20.3 Å². The average molecular weight is 502 g/mol. The molecule has 8 heteroatoms. The van der Waals surface area contributed by atoms with Crippen LogP contribution in [0.25, 0.3) is 11.1 Å². The molecule has 0 aliphatic heterocycles. The van der Waals surface area contributed by atoms with E-state index < -0.39 is 17.9 Å². The number of rotatable bonds is 12. The van der Waals surface area contributed by atoms with Crippen LogP contribution in [0.15, 0.2) is 66.7 Å². The molecule has 36 heavy (non-hydrogen) atoms. The summed E-state index contributed by atoms with van der Waals surface area (Å²) in [6.45, 7) is 2.78. The van der Waals surface area contributed by atoms with Gasteiger partial charge in [-0.25, -0.2) is 4.79 Å². The second kappa shape index (κ2) is 14.8. The standard InChI is InChI=1S/C28H31NO5S.Li.H/c1-19-7-4-5-10-23(19)25-16-21(18-34-17-20-8-6-9-22(15-20)33-2)11-12-24(25)27(30)29-26(28(31)32)13-14-35-3;;/h4-12,15-16,26H,13-14,17-18H2,1-3H3,(H,29,30)(H,31,32);;/q;+1;-1. The number of aryl methyl sites for hydroxylation is 1. The van der Waals surface area contributed by atoms with Crippen LogP contribution in [0.2, 0.25) is 0 Å². The first kappa shape index (κ1) is 29.5. The Bertz CT molecular complexity index is 1180. The van der Waals surface area contributed by atoms with Crippen molar-refractivity contribution < 1.29 is 44.5 Å². The number of carbonyl (C=O) groups excluding carboxylic acids is 1. The maximum atomic E-state index is 13.2. The van der Waals surface area contributed by atoms with Gasteiger partial charge in [-0.15, -0.1) is 0 Å². The first-order valence-electron chi connectivity index (χ1n) is 11.3. The van der Waals surface area contributed by atoms with Crippen LogP contribution in [0.3, 0.4) is 0 Å². The van der Waals surface area contributed by atoms with Gasteiger partial charge < -0.3 is 21.3 Å². The number of amides is 1. The molecule has 0 saturated carbocycles. The Morgan fingerprint density at radius 3 is 2.39 bits per heavy atom. The third-order valence-electron chi connectivity index (χ3n) is 5.65. The number of benzene rings is 3. The van der Waals surface area contributed by atoms with E-state index >= 15 is 0 Å². The first-order chi connectivity index (χ1) is 16.9. The minimum atomic E-state index is -1.03. The third-order valence-corrected chi connectivity index (χ3v) is 6.29. The number of aliphatic carboxylic acids is 1. The third kappa shape index (κ3) is 8.18. The van der Waals surface area contributed by atoms with E-state index in [1.807, 2.05) is 73.8 Å². The topological polar surface area (TPSA) is 84.9 Å². The fourth-order valence-electron chi connectivity index (χ4n) is 3.76. The Labute approximate surface area is 230 Å². The van der Waals surface area contributed by atoms with Gasteiger partial charge in [-0.2, -0.15) is 11.8 Å². The van der Waals surface area contributed by atoms with Gasteiger partial charge in [0.25, 0.3) is 5.91 Å². The average Bonchev–Trinajstić information content (AvgIpc) is 2.86. The Kier molecular flexibility index (Phi) is 12.1. The van der Waals surface area contributed by atoms with E-state index in [0.29, 0.717) is 31.0 Å². The minimum Gasteiger partial charge on any atom is -1.00 e. The monoisotopic (exact) mass is 501 g/mol. The molecule has 0 bridgehead atoms. The summed E-state index contributed by atoms with van der Waals surface area (Å²) in [6, 6.07) is 20.1. The maximum absolute atomic E-state index is 13.2. The van der Waals surface area contributed by atoms with Crippen molar-refractivity contribution in [1.82, 2.24) is 5.32 Å². The van der Waals surface area contributed by atoms with Gasteiger partial charge in [0.2, 0.25) is 0 Å². The smallest absolute Gasteiger partial charge is 1.00 e. The van der Waals surface area contributed by atoms with Crippen LogP contribution in [0.4, 0.5) is 0 Å². The number of methoxy groups -OCH3 is 1. The van der Waals surface area contributed by atoms with Gasteiger partial charge in [-0.3, -0.25) is 4.79 Å². The van der Waals surface area contributed by atoms with Crippen LogP contribution < -0.4 is 28.9 Å². The van der Waals surface area contributed by atoms with Crippen molar-refractivity contribution >= 4 is 23.6 Å². The molecule has 0 aliphatic rings. The van der Waals surface area contributed by atoms with Crippen molar-refractivity contribution in [2.24, 2.45) is 0 Å². The number of hydrogen-bond acceptors (Lipinski definition) is 5. The zero-order valence-corrected chi connectivity index (χ0v) is 22.1. The number of hydrogen-bond donors (Lipinski definition) is 2. The van der Waals surface area contributed by atoms with E-state index in [9.17, 15) is 14.7 Å². The van der Waals surface area contributed by atoms with E-state index in [2.05, 4.69) is 5.32 Å². The minimum absolute atomic E-state index is 0. The molecular formula is C28H32LiNO5S. The number of ether oxygens (including phenoxy) is 2. The summed E-state index contributed by atoms with van der Waals surface area (Å²) in [5.41, 5.74) is 5.05. The molecule has 1 atom stereocenters. The van der Waals surface area contributed by atoms with Gasteiger partial charge >= 0.3 is 24.8 Å². The molecule has 0 spiro atoms. The first-order valence-corrected chi connectivity index (χ1v) is 12.7. The van der Waals surface area contributed by atoms with E-state index in [1.165, 1.54) is 0 Å². The largest absolute Gasteiger partial charge is 1.00 e. The number of carbonyl (C=O) groups is 2. The zero-order valence-electron chi connectivity index (χ0n) is 22.2. The molecule has 3 rings (SSSR count). The number of nitrogens with one attached hydrogen (secondary N) is 1. The number of carboxylic acid groups (broad SMARTS) is 1. The molecular weight excluding hydrogens is 469 g/mol. The molecule has 186 valence electrons. The number of thioether (sulfide) groups is 1. The molecule has 0 aromatic heterocycles. The van der Waals surface area contributed by atoms with Crippen LogP contribution >= 0.6 is 11.8 Å². The predicted molar refractivity (Wildman–Crippen MR) is 141 cm³/mol. The van der Waals surface area contributed by atoms with Crippen LogP contribution in [0, 0.1) is 6.92 Å². The van der Waals surface area contributed by atoms with E-state index in [-0.39, 0.29) is 20.3 Å². The summed E-state index contributed by atoms with van der Waals surface area (Å²) in [4.78, 5) is 24.8. The Balaban J connectivity index is 0.00000342. The molecule has 0 aliphatic carbocycles. The van der Waals surface area contributed by atoms with Gasteiger partial charge in [0.15, 0.2) is 0 Å². The molecule has 3 aromatic carbocycles. The van der Waals surface area contributed by atoms with E-state index in [0.717, 1.165) is 33.6 Å². The normalized spacial score (nSPS) is 11.3. The summed E-state index contributed by atoms with van der Waals surface area (Å²) in [5, 5.41) is 12.2. The molecule has 3 aromatic rings. The molecule has 1 unspecified atom stereocenters. The Morgan fingerprint density at radius 2 is 1.72 bits per heavy atom. The van der Waals surface area contributed by atoms with Gasteiger partial charge in [-0.05, 0) is 77.4 Å². The summed E-state index contributed by atoms with van der Waals surface area (Å²) in [5.74, 6) is -0.0145. The van der Waals surface area contributed by atoms with Gasteiger partial charge in [0, 0.05) is 5.56 Å². The zero-order chi connectivity index (χ0) is 25.2. The predicted octanol–water partition coefficient (Wildman–Crippen LogP) is 2.44. The van der Waals surface area contributed by atoms with E-state index in [1.54, 1.807) is 24.9 Å². The summed E-state index contributed by atoms with van der Waals surface area (Å²) in [7, 11) is 1.63. The van der Waals surface area contributed by atoms with Crippen molar-refractivity contribution in [3.8, 4) is 16.9 Å². The van der Waals surface area contributed by atoms with E-state index in [4.69, 9.17) is 9.47 Å². The quantitative estimate of drug-likeness (QED) is 0.371. The molecule has 0 radical (unpaired) electrons. The molecule has 0 heterocycles.